The van der Waals surface area contributed by atoms with Gasteiger partial charge in [0.1, 0.15) is 11.4 Å². The number of fused-ring (bicyclic) bond motifs is 1. The first-order valence-corrected chi connectivity index (χ1v) is 8.15. The summed E-state index contributed by atoms with van der Waals surface area (Å²) in [5.74, 6) is 1.45. The van der Waals surface area contributed by atoms with E-state index in [0.717, 1.165) is 11.4 Å². The molecule has 0 saturated heterocycles. The zero-order valence-electron chi connectivity index (χ0n) is 15.2. The third-order valence-corrected chi connectivity index (χ3v) is 3.79. The molecule has 0 saturated carbocycles. The van der Waals surface area contributed by atoms with E-state index < -0.39 is 0 Å². The second-order valence-electron chi connectivity index (χ2n) is 5.69. The number of hydrogen-bond acceptors (Lipinski definition) is 12. The van der Waals surface area contributed by atoms with Gasteiger partial charge in [-0.1, -0.05) is 5.16 Å². The molecular weight excluding hydrogens is 366 g/mol. The SMILES string of the molecule is COc1ccc(Nc2nc3nonc3nc2NN=C(C)c2nonc2C)cc1. The molecule has 4 rings (SSSR count). The van der Waals surface area contributed by atoms with Gasteiger partial charge in [0.15, 0.2) is 17.3 Å². The van der Waals surface area contributed by atoms with Crippen LogP contribution in [0, 0.1) is 6.92 Å². The molecule has 2 N–H and O–H groups in total. The average molecular weight is 381 g/mol. The van der Waals surface area contributed by atoms with Gasteiger partial charge in [-0.2, -0.15) is 10.1 Å². The molecule has 4 aromatic rings. The molecule has 0 spiro atoms. The minimum Gasteiger partial charge on any atom is -0.497 e. The van der Waals surface area contributed by atoms with E-state index in [2.05, 4.69) is 46.4 Å². The largest absolute Gasteiger partial charge is 0.497 e. The van der Waals surface area contributed by atoms with Gasteiger partial charge in [0.2, 0.25) is 11.3 Å². The number of ether oxygens (including phenoxy) is 1. The van der Waals surface area contributed by atoms with Crippen LogP contribution in [0.1, 0.15) is 18.3 Å². The Morgan fingerprint density at radius 1 is 0.964 bits per heavy atom. The standard InChI is InChI=1S/C16H15N9O3/c1-8(12-9(2)22-27-23-12)20-21-14-13(18-15-16(19-14)25-28-24-15)17-10-4-6-11(26-3)7-5-10/h4-7H,1-3H3,(H,17,18,24)(H,19,21,25). The molecule has 0 aliphatic rings. The molecule has 0 unspecified atom stereocenters. The van der Waals surface area contributed by atoms with Crippen molar-refractivity contribution in [1.82, 2.24) is 30.6 Å². The van der Waals surface area contributed by atoms with E-state index >= 15 is 0 Å². The van der Waals surface area contributed by atoms with Gasteiger partial charge in [-0.15, -0.1) is 0 Å². The summed E-state index contributed by atoms with van der Waals surface area (Å²) in [4.78, 5) is 8.73. The summed E-state index contributed by atoms with van der Waals surface area (Å²) in [6, 6.07) is 7.33. The number of hydrazone groups is 1. The molecule has 0 radical (unpaired) electrons. The van der Waals surface area contributed by atoms with E-state index in [9.17, 15) is 0 Å². The number of rotatable bonds is 6. The van der Waals surface area contributed by atoms with Gasteiger partial charge in [0, 0.05) is 5.69 Å². The third-order valence-electron chi connectivity index (χ3n) is 3.79. The first kappa shape index (κ1) is 17.3. The molecule has 0 aliphatic heterocycles. The lowest BCUT2D eigenvalue weighted by molar-refractivity contribution is 0.304. The minimum atomic E-state index is 0.245. The molecule has 0 atom stereocenters. The Kier molecular flexibility index (Phi) is 4.50. The Bertz CT molecular complexity index is 1130. The second kappa shape index (κ2) is 7.26. The molecule has 0 aliphatic carbocycles. The highest BCUT2D eigenvalue weighted by atomic mass is 16.6. The number of aromatic nitrogens is 6. The van der Waals surface area contributed by atoms with Crippen molar-refractivity contribution >= 4 is 34.3 Å². The van der Waals surface area contributed by atoms with Crippen molar-refractivity contribution in [3.63, 3.8) is 0 Å². The third kappa shape index (κ3) is 3.42. The molecule has 0 fully saturated rings. The Morgan fingerprint density at radius 3 is 2.29 bits per heavy atom. The van der Waals surface area contributed by atoms with Crippen molar-refractivity contribution < 1.29 is 14.0 Å². The molecule has 28 heavy (non-hydrogen) atoms. The normalized spacial score (nSPS) is 11.6. The van der Waals surface area contributed by atoms with Gasteiger partial charge in [-0.05, 0) is 53.6 Å². The van der Waals surface area contributed by atoms with Crippen LogP contribution in [-0.4, -0.2) is 43.4 Å². The number of nitrogens with one attached hydrogen (secondary N) is 2. The molecule has 0 amide bonds. The lowest BCUT2D eigenvalue weighted by Crippen LogP contribution is -2.06. The fourth-order valence-corrected chi connectivity index (χ4v) is 2.36. The summed E-state index contributed by atoms with van der Waals surface area (Å²) in [6.45, 7) is 3.54. The van der Waals surface area contributed by atoms with E-state index in [0.29, 0.717) is 28.7 Å². The van der Waals surface area contributed by atoms with E-state index in [1.807, 2.05) is 24.3 Å². The number of hydrogen-bond donors (Lipinski definition) is 2. The highest BCUT2D eigenvalue weighted by Crippen LogP contribution is 2.25. The monoisotopic (exact) mass is 381 g/mol. The lowest BCUT2D eigenvalue weighted by atomic mass is 10.2. The molecule has 142 valence electrons. The molecule has 1 aromatic carbocycles. The number of aryl methyl sites for hydroxylation is 1. The first-order chi connectivity index (χ1) is 13.6. The molecular formula is C16H15N9O3. The van der Waals surface area contributed by atoms with Gasteiger partial charge in [-0.25, -0.2) is 14.2 Å². The van der Waals surface area contributed by atoms with E-state index in [-0.39, 0.29) is 11.3 Å². The van der Waals surface area contributed by atoms with Gasteiger partial charge < -0.3 is 10.1 Å². The van der Waals surface area contributed by atoms with Crippen molar-refractivity contribution in [2.45, 2.75) is 13.8 Å². The van der Waals surface area contributed by atoms with Crippen LogP contribution in [-0.2, 0) is 0 Å². The first-order valence-electron chi connectivity index (χ1n) is 8.15. The van der Waals surface area contributed by atoms with Crippen LogP contribution in [0.15, 0.2) is 38.6 Å². The Hall–Kier alpha value is -4.09. The summed E-state index contributed by atoms with van der Waals surface area (Å²) in [6.07, 6.45) is 0. The van der Waals surface area contributed by atoms with Crippen molar-refractivity contribution in [2.75, 3.05) is 17.9 Å². The van der Waals surface area contributed by atoms with Crippen molar-refractivity contribution in [2.24, 2.45) is 5.10 Å². The Labute approximate surface area is 157 Å². The topological polar surface area (TPSA) is 149 Å². The fraction of sp³-hybridized carbons (Fsp3) is 0.188. The lowest BCUT2D eigenvalue weighted by Gasteiger charge is -2.10. The summed E-state index contributed by atoms with van der Waals surface area (Å²) >= 11 is 0. The van der Waals surface area contributed by atoms with E-state index in [4.69, 9.17) is 14.0 Å². The minimum absolute atomic E-state index is 0.245. The van der Waals surface area contributed by atoms with Crippen LogP contribution in [0.25, 0.3) is 11.3 Å². The van der Waals surface area contributed by atoms with Gasteiger partial charge >= 0.3 is 0 Å². The highest BCUT2D eigenvalue weighted by Gasteiger charge is 2.14. The predicted octanol–water partition coefficient (Wildman–Crippen LogP) is 2.29. The Morgan fingerprint density at radius 2 is 1.64 bits per heavy atom. The summed E-state index contributed by atoms with van der Waals surface area (Å²) in [5.41, 5.74) is 5.87. The number of nitrogens with zero attached hydrogens (tertiary/aromatic N) is 7. The van der Waals surface area contributed by atoms with Gasteiger partial charge in [-0.3, -0.25) is 5.43 Å². The zero-order chi connectivity index (χ0) is 19.5. The quantitative estimate of drug-likeness (QED) is 0.374. The van der Waals surface area contributed by atoms with Crippen LogP contribution in [0.5, 0.6) is 5.75 Å². The smallest absolute Gasteiger partial charge is 0.245 e. The van der Waals surface area contributed by atoms with Crippen LogP contribution in [0.4, 0.5) is 17.3 Å². The fourth-order valence-electron chi connectivity index (χ4n) is 2.36. The number of benzene rings is 1. The average Bonchev–Trinajstić information content (AvgIpc) is 3.34. The van der Waals surface area contributed by atoms with Crippen molar-refractivity contribution in [1.29, 1.82) is 0 Å². The number of methoxy groups -OCH3 is 1. The second-order valence-corrected chi connectivity index (χ2v) is 5.69. The summed E-state index contributed by atoms with van der Waals surface area (Å²) in [5, 5.41) is 22.4. The van der Waals surface area contributed by atoms with Gasteiger partial charge in [0.05, 0.1) is 12.8 Å². The maximum Gasteiger partial charge on any atom is 0.245 e. The van der Waals surface area contributed by atoms with E-state index in [1.54, 1.807) is 21.0 Å². The highest BCUT2D eigenvalue weighted by molar-refractivity contribution is 5.98. The molecule has 3 heterocycles. The van der Waals surface area contributed by atoms with Crippen LogP contribution >= 0.6 is 0 Å². The predicted molar refractivity (Wildman–Crippen MR) is 98.5 cm³/mol. The van der Waals surface area contributed by atoms with Crippen molar-refractivity contribution in [3.8, 4) is 5.75 Å². The van der Waals surface area contributed by atoms with Crippen LogP contribution < -0.4 is 15.5 Å². The van der Waals surface area contributed by atoms with Crippen LogP contribution in [0.3, 0.4) is 0 Å². The molecule has 3 aromatic heterocycles. The Balaban J connectivity index is 1.65. The molecule has 0 bridgehead atoms. The molecule has 12 heteroatoms. The van der Waals surface area contributed by atoms with Crippen LogP contribution in [0.2, 0.25) is 0 Å². The molecule has 12 nitrogen and oxygen atoms in total. The maximum absolute atomic E-state index is 5.17. The number of anilines is 3. The summed E-state index contributed by atoms with van der Waals surface area (Å²) in [7, 11) is 1.61. The maximum atomic E-state index is 5.17. The summed E-state index contributed by atoms with van der Waals surface area (Å²) < 4.78 is 14.6. The van der Waals surface area contributed by atoms with Crippen molar-refractivity contribution in [3.05, 3.63) is 35.7 Å². The van der Waals surface area contributed by atoms with Gasteiger partial charge in [0.25, 0.3) is 0 Å². The zero-order valence-corrected chi connectivity index (χ0v) is 15.2. The van der Waals surface area contributed by atoms with E-state index in [1.165, 1.54) is 0 Å².